The number of aliphatic hydroxyl groups excluding tert-OH is 1. The average Bonchev–Trinajstić information content (AvgIpc) is 2.60. The van der Waals surface area contributed by atoms with Gasteiger partial charge in [0.2, 0.25) is 0 Å². The van der Waals surface area contributed by atoms with Gasteiger partial charge in [-0.1, -0.05) is 26.2 Å². The highest BCUT2D eigenvalue weighted by Gasteiger charge is 2.25. The zero-order valence-electron chi connectivity index (χ0n) is 13.2. The summed E-state index contributed by atoms with van der Waals surface area (Å²) in [6.45, 7) is 10.4. The van der Waals surface area contributed by atoms with Gasteiger partial charge in [0, 0.05) is 31.8 Å². The molecule has 0 amide bonds. The second-order valence-electron chi connectivity index (χ2n) is 6.23. The summed E-state index contributed by atoms with van der Waals surface area (Å²) in [6, 6.07) is 1.28. The zero-order valence-corrected chi connectivity index (χ0v) is 13.2. The molecule has 0 aromatic carbocycles. The first-order chi connectivity index (χ1) is 9.19. The maximum absolute atomic E-state index is 9.04. The summed E-state index contributed by atoms with van der Waals surface area (Å²) >= 11 is 0. The van der Waals surface area contributed by atoms with Crippen molar-refractivity contribution < 1.29 is 5.11 Å². The topological polar surface area (TPSA) is 35.5 Å². The molecule has 1 fully saturated rings. The summed E-state index contributed by atoms with van der Waals surface area (Å²) < 4.78 is 0. The molecule has 0 radical (unpaired) electrons. The molecule has 0 saturated heterocycles. The van der Waals surface area contributed by atoms with Crippen LogP contribution in [0.4, 0.5) is 0 Å². The van der Waals surface area contributed by atoms with Crippen LogP contribution in [0.3, 0.4) is 0 Å². The Hall–Kier alpha value is -0.120. The Labute approximate surface area is 119 Å². The van der Waals surface area contributed by atoms with Crippen molar-refractivity contribution >= 4 is 0 Å². The minimum absolute atomic E-state index is 0.310. The van der Waals surface area contributed by atoms with Crippen LogP contribution in [0.25, 0.3) is 0 Å². The fraction of sp³-hybridized carbons (Fsp3) is 1.00. The molecule has 0 aromatic heterocycles. The van der Waals surface area contributed by atoms with E-state index in [2.05, 4.69) is 31.0 Å². The third-order valence-corrected chi connectivity index (χ3v) is 4.43. The van der Waals surface area contributed by atoms with Gasteiger partial charge in [-0.15, -0.1) is 0 Å². The average molecular weight is 270 g/mol. The molecule has 3 heteroatoms. The van der Waals surface area contributed by atoms with Crippen molar-refractivity contribution in [3.8, 4) is 0 Å². The lowest BCUT2D eigenvalue weighted by atomic mass is 9.93. The van der Waals surface area contributed by atoms with Gasteiger partial charge < -0.3 is 15.3 Å². The predicted octanol–water partition coefficient (Wildman–Crippen LogP) is 2.64. The van der Waals surface area contributed by atoms with Gasteiger partial charge in [0.1, 0.15) is 0 Å². The SMILES string of the molecule is CCNC1CCCCCC1CN(CCCO)C(C)C. The summed E-state index contributed by atoms with van der Waals surface area (Å²) in [5.74, 6) is 0.781. The van der Waals surface area contributed by atoms with E-state index in [9.17, 15) is 0 Å². The molecule has 1 aliphatic carbocycles. The highest BCUT2D eigenvalue weighted by molar-refractivity contribution is 4.82. The van der Waals surface area contributed by atoms with Crippen molar-refractivity contribution in [3.63, 3.8) is 0 Å². The van der Waals surface area contributed by atoms with Gasteiger partial charge in [0.15, 0.2) is 0 Å². The van der Waals surface area contributed by atoms with E-state index in [4.69, 9.17) is 5.11 Å². The van der Waals surface area contributed by atoms with Crippen molar-refractivity contribution in [1.29, 1.82) is 0 Å². The molecule has 0 heterocycles. The Balaban J connectivity index is 2.55. The van der Waals surface area contributed by atoms with Crippen LogP contribution in [0, 0.1) is 5.92 Å². The van der Waals surface area contributed by atoms with E-state index in [0.29, 0.717) is 18.7 Å². The lowest BCUT2D eigenvalue weighted by molar-refractivity contribution is 0.147. The van der Waals surface area contributed by atoms with E-state index in [1.165, 1.54) is 38.6 Å². The largest absolute Gasteiger partial charge is 0.396 e. The van der Waals surface area contributed by atoms with E-state index in [1.54, 1.807) is 0 Å². The number of nitrogens with one attached hydrogen (secondary N) is 1. The van der Waals surface area contributed by atoms with Crippen LogP contribution >= 0.6 is 0 Å². The van der Waals surface area contributed by atoms with Crippen molar-refractivity contribution in [2.24, 2.45) is 5.92 Å². The summed E-state index contributed by atoms with van der Waals surface area (Å²) in [7, 11) is 0. The lowest BCUT2D eigenvalue weighted by Gasteiger charge is -2.34. The number of hydrogen-bond donors (Lipinski definition) is 2. The molecule has 2 unspecified atom stereocenters. The Bertz CT molecular complexity index is 221. The van der Waals surface area contributed by atoms with Crippen molar-refractivity contribution in [1.82, 2.24) is 10.2 Å². The first kappa shape index (κ1) is 16.9. The van der Waals surface area contributed by atoms with Gasteiger partial charge in [-0.2, -0.15) is 0 Å². The molecule has 0 aromatic rings. The number of rotatable bonds is 8. The van der Waals surface area contributed by atoms with Gasteiger partial charge in [-0.05, 0) is 45.6 Å². The Morgan fingerprint density at radius 2 is 1.95 bits per heavy atom. The highest BCUT2D eigenvalue weighted by Crippen LogP contribution is 2.25. The smallest absolute Gasteiger partial charge is 0.0443 e. The molecule has 1 rings (SSSR count). The third-order valence-electron chi connectivity index (χ3n) is 4.43. The third kappa shape index (κ3) is 6.24. The molecule has 1 aliphatic rings. The quantitative estimate of drug-likeness (QED) is 0.666. The lowest BCUT2D eigenvalue weighted by Crippen LogP contribution is -2.44. The first-order valence-electron chi connectivity index (χ1n) is 8.27. The summed E-state index contributed by atoms with van der Waals surface area (Å²) in [6.07, 6.45) is 7.77. The molecule has 2 atom stereocenters. The maximum Gasteiger partial charge on any atom is 0.0443 e. The van der Waals surface area contributed by atoms with Crippen LogP contribution in [-0.2, 0) is 0 Å². The van der Waals surface area contributed by atoms with Crippen LogP contribution < -0.4 is 5.32 Å². The van der Waals surface area contributed by atoms with E-state index in [1.807, 2.05) is 0 Å². The zero-order chi connectivity index (χ0) is 14.1. The van der Waals surface area contributed by atoms with Crippen LogP contribution in [0.2, 0.25) is 0 Å². The van der Waals surface area contributed by atoms with E-state index >= 15 is 0 Å². The molecular weight excluding hydrogens is 236 g/mol. The first-order valence-corrected chi connectivity index (χ1v) is 8.27. The maximum atomic E-state index is 9.04. The predicted molar refractivity (Wildman–Crippen MR) is 82.5 cm³/mol. The Morgan fingerprint density at radius 3 is 2.58 bits per heavy atom. The molecule has 3 nitrogen and oxygen atoms in total. The fourth-order valence-electron chi connectivity index (χ4n) is 3.27. The summed E-state index contributed by atoms with van der Waals surface area (Å²) in [5.41, 5.74) is 0. The van der Waals surface area contributed by atoms with Crippen LogP contribution in [0.15, 0.2) is 0 Å². The van der Waals surface area contributed by atoms with Gasteiger partial charge in [0.05, 0.1) is 0 Å². The molecule has 0 aliphatic heterocycles. The molecule has 19 heavy (non-hydrogen) atoms. The van der Waals surface area contributed by atoms with Crippen LogP contribution in [0.1, 0.15) is 59.3 Å². The van der Waals surface area contributed by atoms with E-state index in [-0.39, 0.29) is 0 Å². The molecule has 1 saturated carbocycles. The monoisotopic (exact) mass is 270 g/mol. The van der Waals surface area contributed by atoms with Gasteiger partial charge in [0.25, 0.3) is 0 Å². The van der Waals surface area contributed by atoms with Gasteiger partial charge >= 0.3 is 0 Å². The standard InChI is InChI=1S/C16H34N2O/c1-4-17-16-10-7-5-6-9-15(16)13-18(14(2)3)11-8-12-19/h14-17,19H,4-13H2,1-3H3. The van der Waals surface area contributed by atoms with E-state index < -0.39 is 0 Å². The second-order valence-corrected chi connectivity index (χ2v) is 6.23. The number of nitrogens with zero attached hydrogens (tertiary/aromatic N) is 1. The van der Waals surface area contributed by atoms with Crippen molar-refractivity contribution in [2.75, 3.05) is 26.2 Å². The van der Waals surface area contributed by atoms with Crippen LogP contribution in [0.5, 0.6) is 0 Å². The summed E-state index contributed by atoms with van der Waals surface area (Å²) in [4.78, 5) is 2.55. The second kappa shape index (κ2) is 9.73. The van der Waals surface area contributed by atoms with Gasteiger partial charge in [-0.3, -0.25) is 0 Å². The van der Waals surface area contributed by atoms with Crippen molar-refractivity contribution in [2.45, 2.75) is 71.4 Å². The molecular formula is C16H34N2O. The highest BCUT2D eigenvalue weighted by atomic mass is 16.3. The Kier molecular flexibility index (Phi) is 8.67. The normalized spacial score (nSPS) is 24.9. The van der Waals surface area contributed by atoms with Crippen molar-refractivity contribution in [3.05, 3.63) is 0 Å². The van der Waals surface area contributed by atoms with E-state index in [0.717, 1.165) is 25.4 Å². The number of hydrogen-bond acceptors (Lipinski definition) is 3. The van der Waals surface area contributed by atoms with Crippen LogP contribution in [-0.4, -0.2) is 48.3 Å². The summed E-state index contributed by atoms with van der Waals surface area (Å²) in [5, 5.41) is 12.7. The molecule has 0 spiro atoms. The number of aliphatic hydroxyl groups is 1. The molecule has 0 bridgehead atoms. The minimum atomic E-state index is 0.310. The molecule has 114 valence electrons. The Morgan fingerprint density at radius 1 is 1.21 bits per heavy atom. The minimum Gasteiger partial charge on any atom is -0.396 e. The van der Waals surface area contributed by atoms with Gasteiger partial charge in [-0.25, -0.2) is 0 Å². The fourth-order valence-corrected chi connectivity index (χ4v) is 3.27. The molecule has 2 N–H and O–H groups in total.